The summed E-state index contributed by atoms with van der Waals surface area (Å²) in [5, 5.41) is 5.88. The first kappa shape index (κ1) is 28.1. The first-order valence-electron chi connectivity index (χ1n) is 12.6. The first-order chi connectivity index (χ1) is 17.7. The number of esters is 1. The number of rotatable bonds is 8. The lowest BCUT2D eigenvalue weighted by Gasteiger charge is -2.36. The Bertz CT molecular complexity index is 1030. The van der Waals surface area contributed by atoms with Crippen molar-refractivity contribution < 1.29 is 28.6 Å². The van der Waals surface area contributed by atoms with Crippen LogP contribution in [-0.2, 0) is 9.53 Å². The number of amides is 4. The van der Waals surface area contributed by atoms with Gasteiger partial charge < -0.3 is 29.7 Å². The minimum Gasteiger partial charge on any atom is -0.493 e. The van der Waals surface area contributed by atoms with Crippen LogP contribution in [0, 0.1) is 0 Å². The van der Waals surface area contributed by atoms with E-state index in [1.54, 1.807) is 39.3 Å². The van der Waals surface area contributed by atoms with E-state index in [-0.39, 0.29) is 24.7 Å². The SMILES string of the molecule is CCOC(=O)C1=C(CN2CCCN(C(=O)NC(C)C)CC2)N(C)C(=O)NC1c1ccc(OC)c(OC)c1. The normalized spacial score (nSPS) is 18.9. The number of nitrogens with zero attached hydrogens (tertiary/aromatic N) is 3. The predicted octanol–water partition coefficient (Wildman–Crippen LogP) is 2.34. The molecule has 0 aromatic heterocycles. The standard InChI is InChI=1S/C26H39N5O6/c1-7-37-24(32)22-19(16-30-11-8-12-31(14-13-30)26(34)27-17(2)3)29(4)25(33)28-23(22)18-9-10-20(35-5)21(15-18)36-6/h9-10,15,17,23H,7-8,11-14,16H2,1-6H3,(H,27,34)(H,28,33). The van der Waals surface area contributed by atoms with Gasteiger partial charge in [-0.2, -0.15) is 0 Å². The maximum atomic E-state index is 13.3. The second-order valence-corrected chi connectivity index (χ2v) is 9.36. The van der Waals surface area contributed by atoms with Crippen molar-refractivity contribution in [3.63, 3.8) is 0 Å². The van der Waals surface area contributed by atoms with Crippen LogP contribution in [-0.4, -0.2) is 99.4 Å². The zero-order chi connectivity index (χ0) is 27.1. The van der Waals surface area contributed by atoms with E-state index in [1.165, 1.54) is 12.0 Å². The summed E-state index contributed by atoms with van der Waals surface area (Å²) in [6, 6.07) is 4.23. The van der Waals surface area contributed by atoms with Crippen LogP contribution in [0.25, 0.3) is 0 Å². The van der Waals surface area contributed by atoms with Gasteiger partial charge in [-0.05, 0) is 44.9 Å². The summed E-state index contributed by atoms with van der Waals surface area (Å²) < 4.78 is 16.2. The molecule has 0 saturated carbocycles. The largest absolute Gasteiger partial charge is 0.493 e. The smallest absolute Gasteiger partial charge is 0.338 e. The predicted molar refractivity (Wildman–Crippen MR) is 139 cm³/mol. The molecule has 1 saturated heterocycles. The molecule has 3 rings (SSSR count). The fourth-order valence-corrected chi connectivity index (χ4v) is 4.56. The summed E-state index contributed by atoms with van der Waals surface area (Å²) in [6.45, 7) is 8.72. The maximum absolute atomic E-state index is 13.3. The Hall–Kier alpha value is -3.47. The van der Waals surface area contributed by atoms with Crippen molar-refractivity contribution in [2.75, 3.05) is 60.6 Å². The average molecular weight is 518 g/mol. The highest BCUT2D eigenvalue weighted by molar-refractivity contribution is 5.95. The van der Waals surface area contributed by atoms with Crippen LogP contribution >= 0.6 is 0 Å². The monoisotopic (exact) mass is 517 g/mol. The van der Waals surface area contributed by atoms with E-state index in [0.717, 1.165) is 13.0 Å². The van der Waals surface area contributed by atoms with Crippen LogP contribution in [0.15, 0.2) is 29.5 Å². The minimum absolute atomic E-state index is 0.0621. The van der Waals surface area contributed by atoms with Crippen molar-refractivity contribution in [3.05, 3.63) is 35.0 Å². The Morgan fingerprint density at radius 2 is 1.84 bits per heavy atom. The molecular formula is C26H39N5O6. The van der Waals surface area contributed by atoms with Crippen molar-refractivity contribution in [1.29, 1.82) is 0 Å². The molecule has 0 radical (unpaired) electrons. The highest BCUT2D eigenvalue weighted by Gasteiger charge is 2.38. The Kier molecular flexibility index (Phi) is 9.62. The lowest BCUT2D eigenvalue weighted by molar-refractivity contribution is -0.139. The number of ether oxygens (including phenoxy) is 3. The Balaban J connectivity index is 1.94. The second kappa shape index (κ2) is 12.7. The zero-order valence-electron chi connectivity index (χ0n) is 22.6. The van der Waals surface area contributed by atoms with Gasteiger partial charge >= 0.3 is 18.0 Å². The van der Waals surface area contributed by atoms with E-state index >= 15 is 0 Å². The van der Waals surface area contributed by atoms with Gasteiger partial charge in [0.05, 0.1) is 32.4 Å². The van der Waals surface area contributed by atoms with Gasteiger partial charge in [-0.25, -0.2) is 14.4 Å². The van der Waals surface area contributed by atoms with Gasteiger partial charge in [0.25, 0.3) is 0 Å². The topological polar surface area (TPSA) is 113 Å². The van der Waals surface area contributed by atoms with E-state index in [4.69, 9.17) is 14.2 Å². The van der Waals surface area contributed by atoms with Gasteiger partial charge in [-0.15, -0.1) is 0 Å². The molecule has 0 bridgehead atoms. The molecule has 2 aliphatic rings. The van der Waals surface area contributed by atoms with E-state index < -0.39 is 12.0 Å². The number of hydrogen-bond donors (Lipinski definition) is 2. The van der Waals surface area contributed by atoms with Gasteiger partial charge in [-0.3, -0.25) is 9.80 Å². The van der Waals surface area contributed by atoms with E-state index in [9.17, 15) is 14.4 Å². The van der Waals surface area contributed by atoms with Crippen LogP contribution in [0.3, 0.4) is 0 Å². The van der Waals surface area contributed by atoms with Crippen LogP contribution < -0.4 is 20.1 Å². The number of urea groups is 2. The highest BCUT2D eigenvalue weighted by Crippen LogP contribution is 2.36. The van der Waals surface area contributed by atoms with Crippen molar-refractivity contribution in [3.8, 4) is 11.5 Å². The zero-order valence-corrected chi connectivity index (χ0v) is 22.6. The van der Waals surface area contributed by atoms with Crippen LogP contribution in [0.1, 0.15) is 38.8 Å². The number of carbonyl (C=O) groups is 3. The summed E-state index contributed by atoms with van der Waals surface area (Å²) in [5.74, 6) is 0.546. The Labute approximate surface area is 218 Å². The molecule has 11 heteroatoms. The third kappa shape index (κ3) is 6.65. The van der Waals surface area contributed by atoms with Crippen LogP contribution in [0.4, 0.5) is 9.59 Å². The van der Waals surface area contributed by atoms with E-state index in [0.29, 0.717) is 54.5 Å². The van der Waals surface area contributed by atoms with Gasteiger partial charge in [0.1, 0.15) is 0 Å². The third-order valence-corrected chi connectivity index (χ3v) is 6.47. The Morgan fingerprint density at radius 1 is 1.11 bits per heavy atom. The lowest BCUT2D eigenvalue weighted by atomic mass is 9.94. The first-order valence-corrected chi connectivity index (χ1v) is 12.6. The molecule has 1 unspecified atom stereocenters. The highest BCUT2D eigenvalue weighted by atomic mass is 16.5. The molecule has 2 N–H and O–H groups in total. The maximum Gasteiger partial charge on any atom is 0.338 e. The van der Waals surface area contributed by atoms with Crippen LogP contribution in [0.2, 0.25) is 0 Å². The molecule has 2 heterocycles. The number of nitrogens with one attached hydrogen (secondary N) is 2. The molecule has 0 spiro atoms. The summed E-state index contributed by atoms with van der Waals surface area (Å²) in [7, 11) is 4.73. The van der Waals surface area contributed by atoms with Crippen LogP contribution in [0.5, 0.6) is 11.5 Å². The van der Waals surface area contributed by atoms with Gasteiger partial charge in [-0.1, -0.05) is 6.07 Å². The molecule has 1 aromatic carbocycles. The van der Waals surface area contributed by atoms with Gasteiger partial charge in [0.15, 0.2) is 11.5 Å². The molecule has 2 aliphatic heterocycles. The lowest BCUT2D eigenvalue weighted by Crippen LogP contribution is -2.49. The molecule has 204 valence electrons. The number of carbonyl (C=O) groups excluding carboxylic acids is 3. The van der Waals surface area contributed by atoms with Crippen molar-refractivity contribution in [1.82, 2.24) is 25.3 Å². The molecule has 37 heavy (non-hydrogen) atoms. The number of hydrogen-bond acceptors (Lipinski definition) is 7. The number of methoxy groups -OCH3 is 2. The molecule has 1 atom stereocenters. The van der Waals surface area contributed by atoms with Crippen molar-refractivity contribution in [2.45, 2.75) is 39.3 Å². The summed E-state index contributed by atoms with van der Waals surface area (Å²) in [4.78, 5) is 44.3. The fraction of sp³-hybridized carbons (Fsp3) is 0.577. The third-order valence-electron chi connectivity index (χ3n) is 6.47. The van der Waals surface area contributed by atoms with Crippen molar-refractivity contribution in [2.24, 2.45) is 0 Å². The number of benzene rings is 1. The molecule has 1 fully saturated rings. The minimum atomic E-state index is -0.724. The molecule has 0 aliphatic carbocycles. The summed E-state index contributed by atoms with van der Waals surface area (Å²) >= 11 is 0. The molecular weight excluding hydrogens is 478 g/mol. The van der Waals surface area contributed by atoms with Crippen molar-refractivity contribution >= 4 is 18.0 Å². The number of likely N-dealkylation sites (N-methyl/N-ethyl adjacent to an activating group) is 1. The van der Waals surface area contributed by atoms with Gasteiger partial charge in [0, 0.05) is 51.5 Å². The fourth-order valence-electron chi connectivity index (χ4n) is 4.56. The quantitative estimate of drug-likeness (QED) is 0.509. The average Bonchev–Trinajstić information content (AvgIpc) is 3.11. The van der Waals surface area contributed by atoms with Gasteiger partial charge in [0.2, 0.25) is 0 Å². The molecule has 1 aromatic rings. The van der Waals surface area contributed by atoms with E-state index in [1.807, 2.05) is 18.7 Å². The molecule has 4 amide bonds. The second-order valence-electron chi connectivity index (χ2n) is 9.36. The Morgan fingerprint density at radius 3 is 2.49 bits per heavy atom. The van der Waals surface area contributed by atoms with E-state index in [2.05, 4.69) is 15.5 Å². The summed E-state index contributed by atoms with van der Waals surface area (Å²) in [5.41, 5.74) is 1.61. The molecule has 11 nitrogen and oxygen atoms in total. The summed E-state index contributed by atoms with van der Waals surface area (Å²) in [6.07, 6.45) is 0.780.